The summed E-state index contributed by atoms with van der Waals surface area (Å²) >= 11 is 0. The highest BCUT2D eigenvalue weighted by atomic mass is 16.5. The number of ether oxygens (including phenoxy) is 1. The van der Waals surface area contributed by atoms with Crippen molar-refractivity contribution in [2.24, 2.45) is 0 Å². The average molecular weight is 167 g/mol. The Morgan fingerprint density at radius 3 is 3.00 bits per heavy atom. The highest BCUT2D eigenvalue weighted by Gasteiger charge is 2.18. The van der Waals surface area contributed by atoms with Crippen molar-refractivity contribution in [1.82, 2.24) is 5.32 Å². The molecule has 1 N–H and O–H groups in total. The Balaban J connectivity index is 2.08. The van der Waals surface area contributed by atoms with Gasteiger partial charge in [-0.05, 0) is 19.1 Å². The van der Waals surface area contributed by atoms with Crippen LogP contribution >= 0.6 is 0 Å². The number of hydrogen-bond donors (Lipinski definition) is 1. The minimum atomic E-state index is 0.104. The van der Waals surface area contributed by atoms with E-state index >= 15 is 0 Å². The van der Waals surface area contributed by atoms with Crippen molar-refractivity contribution in [3.8, 4) is 0 Å². The molecule has 66 valence electrons. The fraction of sp³-hybridized carbons (Fsp3) is 0.556. The highest BCUT2D eigenvalue weighted by molar-refractivity contribution is 5.09. The molecule has 0 saturated carbocycles. The quantitative estimate of drug-likeness (QED) is 0.683. The molecule has 0 amide bonds. The van der Waals surface area contributed by atoms with E-state index < -0.39 is 0 Å². The molecule has 0 aromatic carbocycles. The van der Waals surface area contributed by atoms with Gasteiger partial charge in [0.05, 0.1) is 6.61 Å². The van der Waals surface area contributed by atoms with Gasteiger partial charge >= 0.3 is 0 Å². The SMILES string of the molecule is Cc1ccc([C@@H]2CNCCO2)o1. The Morgan fingerprint density at radius 1 is 1.50 bits per heavy atom. The summed E-state index contributed by atoms with van der Waals surface area (Å²) in [7, 11) is 0. The molecule has 3 nitrogen and oxygen atoms in total. The summed E-state index contributed by atoms with van der Waals surface area (Å²) in [6, 6.07) is 3.94. The van der Waals surface area contributed by atoms with Gasteiger partial charge in [0.1, 0.15) is 17.6 Å². The van der Waals surface area contributed by atoms with Crippen LogP contribution < -0.4 is 5.32 Å². The van der Waals surface area contributed by atoms with Gasteiger partial charge in [-0.25, -0.2) is 0 Å². The molecule has 2 rings (SSSR count). The summed E-state index contributed by atoms with van der Waals surface area (Å²) in [4.78, 5) is 0. The van der Waals surface area contributed by atoms with Crippen LogP contribution in [0.25, 0.3) is 0 Å². The van der Waals surface area contributed by atoms with E-state index in [1.807, 2.05) is 19.1 Å². The lowest BCUT2D eigenvalue weighted by molar-refractivity contribution is 0.0138. The number of nitrogens with one attached hydrogen (secondary N) is 1. The van der Waals surface area contributed by atoms with Gasteiger partial charge in [-0.2, -0.15) is 0 Å². The van der Waals surface area contributed by atoms with Gasteiger partial charge in [-0.3, -0.25) is 0 Å². The van der Waals surface area contributed by atoms with Gasteiger partial charge in [0.15, 0.2) is 0 Å². The zero-order chi connectivity index (χ0) is 8.39. The van der Waals surface area contributed by atoms with Gasteiger partial charge in [-0.1, -0.05) is 0 Å². The third-order valence-corrected chi connectivity index (χ3v) is 2.01. The molecule has 1 saturated heterocycles. The van der Waals surface area contributed by atoms with Gasteiger partial charge < -0.3 is 14.5 Å². The van der Waals surface area contributed by atoms with Crippen LogP contribution in [0.3, 0.4) is 0 Å². The van der Waals surface area contributed by atoms with Crippen molar-refractivity contribution in [2.45, 2.75) is 13.0 Å². The van der Waals surface area contributed by atoms with Gasteiger partial charge in [-0.15, -0.1) is 0 Å². The zero-order valence-electron chi connectivity index (χ0n) is 7.17. The van der Waals surface area contributed by atoms with Crippen LogP contribution in [-0.4, -0.2) is 19.7 Å². The highest BCUT2D eigenvalue weighted by Crippen LogP contribution is 2.20. The maximum Gasteiger partial charge on any atom is 0.134 e. The second-order valence-corrected chi connectivity index (χ2v) is 3.01. The van der Waals surface area contributed by atoms with E-state index in [9.17, 15) is 0 Å². The molecule has 1 aromatic heterocycles. The largest absolute Gasteiger partial charge is 0.464 e. The smallest absolute Gasteiger partial charge is 0.134 e. The minimum Gasteiger partial charge on any atom is -0.464 e. The first-order valence-electron chi connectivity index (χ1n) is 4.25. The first-order chi connectivity index (χ1) is 5.86. The third kappa shape index (κ3) is 1.52. The Kier molecular flexibility index (Phi) is 2.15. The van der Waals surface area contributed by atoms with Crippen LogP contribution in [0.15, 0.2) is 16.5 Å². The Bertz CT molecular complexity index is 251. The van der Waals surface area contributed by atoms with E-state index in [1.165, 1.54) is 0 Å². The Morgan fingerprint density at radius 2 is 2.42 bits per heavy atom. The lowest BCUT2D eigenvalue weighted by atomic mass is 10.2. The van der Waals surface area contributed by atoms with Crippen LogP contribution in [0.2, 0.25) is 0 Å². The average Bonchev–Trinajstić information content (AvgIpc) is 2.54. The summed E-state index contributed by atoms with van der Waals surface area (Å²) < 4.78 is 11.0. The summed E-state index contributed by atoms with van der Waals surface area (Å²) in [6.45, 7) is 4.51. The lowest BCUT2D eigenvalue weighted by Gasteiger charge is -2.21. The van der Waals surface area contributed by atoms with E-state index in [0.29, 0.717) is 0 Å². The van der Waals surface area contributed by atoms with Gasteiger partial charge in [0, 0.05) is 13.1 Å². The molecule has 0 spiro atoms. The number of morpholine rings is 1. The summed E-state index contributed by atoms with van der Waals surface area (Å²) in [6.07, 6.45) is 0.104. The van der Waals surface area contributed by atoms with E-state index in [-0.39, 0.29) is 6.10 Å². The van der Waals surface area contributed by atoms with E-state index in [4.69, 9.17) is 9.15 Å². The standard InChI is InChI=1S/C9H13NO2/c1-7-2-3-8(12-7)9-6-10-4-5-11-9/h2-3,9-10H,4-6H2,1H3/t9-/m0/s1. The number of rotatable bonds is 1. The molecule has 0 aliphatic carbocycles. The maximum atomic E-state index is 5.52. The summed E-state index contributed by atoms with van der Waals surface area (Å²) in [5, 5.41) is 3.26. The first-order valence-corrected chi connectivity index (χ1v) is 4.25. The molecule has 3 heteroatoms. The monoisotopic (exact) mass is 167 g/mol. The molecular weight excluding hydrogens is 154 g/mol. The second kappa shape index (κ2) is 3.29. The first kappa shape index (κ1) is 7.83. The minimum absolute atomic E-state index is 0.104. The van der Waals surface area contributed by atoms with Crippen molar-refractivity contribution >= 4 is 0 Å². The molecule has 2 heterocycles. The predicted molar refractivity (Wildman–Crippen MR) is 45.0 cm³/mol. The van der Waals surface area contributed by atoms with Crippen molar-refractivity contribution < 1.29 is 9.15 Å². The maximum absolute atomic E-state index is 5.52. The molecule has 1 atom stereocenters. The van der Waals surface area contributed by atoms with Crippen LogP contribution in [0.5, 0.6) is 0 Å². The zero-order valence-corrected chi connectivity index (χ0v) is 7.17. The third-order valence-electron chi connectivity index (χ3n) is 2.01. The fourth-order valence-electron chi connectivity index (χ4n) is 1.37. The summed E-state index contributed by atoms with van der Waals surface area (Å²) in [5.41, 5.74) is 0. The number of furan rings is 1. The molecular formula is C9H13NO2. The van der Waals surface area contributed by atoms with E-state index in [1.54, 1.807) is 0 Å². The molecule has 12 heavy (non-hydrogen) atoms. The Labute approximate surface area is 71.7 Å². The number of aryl methyl sites for hydroxylation is 1. The molecule has 0 bridgehead atoms. The lowest BCUT2D eigenvalue weighted by Crippen LogP contribution is -2.33. The molecule has 1 aromatic rings. The molecule has 0 radical (unpaired) electrons. The predicted octanol–water partition coefficient (Wildman–Crippen LogP) is 1.25. The van der Waals surface area contributed by atoms with Gasteiger partial charge in [0.2, 0.25) is 0 Å². The van der Waals surface area contributed by atoms with Crippen LogP contribution in [0.1, 0.15) is 17.6 Å². The van der Waals surface area contributed by atoms with Crippen molar-refractivity contribution in [3.63, 3.8) is 0 Å². The normalized spacial score (nSPS) is 24.2. The van der Waals surface area contributed by atoms with Crippen molar-refractivity contribution in [1.29, 1.82) is 0 Å². The topological polar surface area (TPSA) is 34.4 Å². The fourth-order valence-corrected chi connectivity index (χ4v) is 1.37. The van der Waals surface area contributed by atoms with Crippen molar-refractivity contribution in [3.05, 3.63) is 23.7 Å². The Hall–Kier alpha value is -0.800. The van der Waals surface area contributed by atoms with E-state index in [2.05, 4.69) is 5.32 Å². The second-order valence-electron chi connectivity index (χ2n) is 3.01. The van der Waals surface area contributed by atoms with Crippen LogP contribution in [0, 0.1) is 6.92 Å². The van der Waals surface area contributed by atoms with Gasteiger partial charge in [0.25, 0.3) is 0 Å². The molecule has 0 unspecified atom stereocenters. The van der Waals surface area contributed by atoms with Crippen molar-refractivity contribution in [2.75, 3.05) is 19.7 Å². The molecule has 1 fully saturated rings. The van der Waals surface area contributed by atoms with Crippen LogP contribution in [-0.2, 0) is 4.74 Å². The van der Waals surface area contributed by atoms with E-state index in [0.717, 1.165) is 31.2 Å². The van der Waals surface area contributed by atoms with Crippen LogP contribution in [0.4, 0.5) is 0 Å². The summed E-state index contributed by atoms with van der Waals surface area (Å²) in [5.74, 6) is 1.87. The molecule has 1 aliphatic rings. The number of hydrogen-bond acceptors (Lipinski definition) is 3. The molecule has 1 aliphatic heterocycles.